The van der Waals surface area contributed by atoms with Crippen LogP contribution in [-0.4, -0.2) is 57.2 Å². The van der Waals surface area contributed by atoms with Gasteiger partial charge < -0.3 is 24.4 Å². The number of likely N-dealkylation sites (tertiary alicyclic amines) is 1. The molecule has 3 rings (SSSR count). The van der Waals surface area contributed by atoms with E-state index in [1.165, 1.54) is 45.6 Å². The number of rotatable bonds is 7. The van der Waals surface area contributed by atoms with Crippen LogP contribution >= 0.6 is 0 Å². The number of hydrogen-bond donors (Lipinski definition) is 1. The van der Waals surface area contributed by atoms with Gasteiger partial charge in [0.1, 0.15) is 6.04 Å². The summed E-state index contributed by atoms with van der Waals surface area (Å²) >= 11 is 0. The molecule has 0 radical (unpaired) electrons. The van der Waals surface area contributed by atoms with Crippen molar-refractivity contribution in [3.8, 4) is 17.2 Å². The molecule has 0 spiro atoms. The summed E-state index contributed by atoms with van der Waals surface area (Å²) in [6.07, 6.45) is 11.7. The standard InChI is InChI=1S/C19H28N2O5.C6H12/c1-5-20-19(23)14-8-6-7-9-21(14)17(22)12-13-10-15(24-2)18(26-4)16(11-13)25-3;1-2-4-6-5-3-1/h10-11,14H,5-9,12H2,1-4H3,(H,20,23);1-6H2. The number of carbonyl (C=O) groups excluding carboxylic acids is 2. The normalized spacial score (nSPS) is 18.1. The highest BCUT2D eigenvalue weighted by Gasteiger charge is 2.31. The van der Waals surface area contributed by atoms with Crippen molar-refractivity contribution in [3.05, 3.63) is 17.7 Å². The Morgan fingerprint density at radius 1 is 0.906 bits per heavy atom. The summed E-state index contributed by atoms with van der Waals surface area (Å²) in [5.41, 5.74) is 0.754. The van der Waals surface area contributed by atoms with Crippen LogP contribution in [0.3, 0.4) is 0 Å². The Morgan fingerprint density at radius 2 is 1.47 bits per heavy atom. The molecule has 1 aliphatic carbocycles. The molecule has 2 amide bonds. The summed E-state index contributed by atoms with van der Waals surface area (Å²) < 4.78 is 16.0. The maximum Gasteiger partial charge on any atom is 0.242 e. The van der Waals surface area contributed by atoms with Gasteiger partial charge in [-0.15, -0.1) is 0 Å². The Kier molecular flexibility index (Phi) is 11.2. The molecule has 1 aromatic rings. The average molecular weight is 449 g/mol. The summed E-state index contributed by atoms with van der Waals surface area (Å²) in [6, 6.07) is 3.15. The minimum Gasteiger partial charge on any atom is -0.493 e. The number of ether oxygens (including phenoxy) is 3. The summed E-state index contributed by atoms with van der Waals surface area (Å²) in [4.78, 5) is 26.9. The van der Waals surface area contributed by atoms with Crippen molar-refractivity contribution in [1.82, 2.24) is 10.2 Å². The van der Waals surface area contributed by atoms with Gasteiger partial charge in [-0.2, -0.15) is 0 Å². The average Bonchev–Trinajstić information content (AvgIpc) is 2.84. The number of hydrogen-bond acceptors (Lipinski definition) is 5. The third kappa shape index (κ3) is 7.31. The Hall–Kier alpha value is -2.44. The van der Waals surface area contributed by atoms with Crippen LogP contribution in [0.2, 0.25) is 0 Å². The molecule has 7 nitrogen and oxygen atoms in total. The SMILES string of the molecule is C1CCCCC1.CCNC(=O)C1CCCCN1C(=O)Cc1cc(OC)c(OC)c(OC)c1. The van der Waals surface area contributed by atoms with Gasteiger partial charge in [-0.1, -0.05) is 38.5 Å². The fourth-order valence-corrected chi connectivity index (χ4v) is 4.37. The molecular formula is C25H40N2O5. The highest BCUT2D eigenvalue weighted by Crippen LogP contribution is 2.38. The third-order valence-electron chi connectivity index (χ3n) is 6.06. The van der Waals surface area contributed by atoms with Crippen LogP contribution in [0.15, 0.2) is 12.1 Å². The minimum atomic E-state index is -0.391. The van der Waals surface area contributed by atoms with Crippen LogP contribution < -0.4 is 19.5 Å². The zero-order chi connectivity index (χ0) is 23.3. The van der Waals surface area contributed by atoms with E-state index in [1.807, 2.05) is 6.92 Å². The minimum absolute atomic E-state index is 0.0739. The van der Waals surface area contributed by atoms with Gasteiger partial charge in [-0.25, -0.2) is 0 Å². The van der Waals surface area contributed by atoms with E-state index in [2.05, 4.69) is 5.32 Å². The summed E-state index contributed by atoms with van der Waals surface area (Å²) in [5.74, 6) is 1.35. The molecule has 2 fully saturated rings. The monoisotopic (exact) mass is 448 g/mol. The van der Waals surface area contributed by atoms with E-state index in [4.69, 9.17) is 14.2 Å². The van der Waals surface area contributed by atoms with Crippen LogP contribution in [0.4, 0.5) is 0 Å². The molecule has 1 saturated heterocycles. The Balaban J connectivity index is 0.000000520. The number of likely N-dealkylation sites (N-methyl/N-ethyl adjacent to an activating group) is 1. The lowest BCUT2D eigenvalue weighted by Gasteiger charge is -2.34. The molecule has 1 aliphatic heterocycles. The predicted molar refractivity (Wildman–Crippen MR) is 126 cm³/mol. The van der Waals surface area contributed by atoms with Gasteiger partial charge in [0, 0.05) is 13.1 Å². The first-order chi connectivity index (χ1) is 15.5. The van der Waals surface area contributed by atoms with Crippen molar-refractivity contribution >= 4 is 11.8 Å². The first kappa shape index (κ1) is 25.8. The number of nitrogens with one attached hydrogen (secondary N) is 1. The van der Waals surface area contributed by atoms with Gasteiger partial charge in [0.2, 0.25) is 17.6 Å². The summed E-state index contributed by atoms with van der Waals surface area (Å²) in [7, 11) is 4.62. The quantitative estimate of drug-likeness (QED) is 0.679. The van der Waals surface area contributed by atoms with Gasteiger partial charge in [0.15, 0.2) is 11.5 Å². The lowest BCUT2D eigenvalue weighted by atomic mass is 9.99. The molecule has 1 atom stereocenters. The second kappa shape index (κ2) is 13.9. The lowest BCUT2D eigenvalue weighted by Crippen LogP contribution is -2.52. The van der Waals surface area contributed by atoms with E-state index >= 15 is 0 Å². The van der Waals surface area contributed by atoms with Crippen molar-refractivity contribution in [3.63, 3.8) is 0 Å². The second-order valence-corrected chi connectivity index (χ2v) is 8.32. The highest BCUT2D eigenvalue weighted by molar-refractivity contribution is 5.88. The molecule has 2 aliphatic rings. The fourth-order valence-electron chi connectivity index (χ4n) is 4.37. The van der Waals surface area contributed by atoms with Gasteiger partial charge in [-0.3, -0.25) is 9.59 Å². The molecule has 7 heteroatoms. The highest BCUT2D eigenvalue weighted by atomic mass is 16.5. The van der Waals surface area contributed by atoms with Crippen molar-refractivity contribution in [2.45, 2.75) is 77.2 Å². The molecule has 0 bridgehead atoms. The van der Waals surface area contributed by atoms with Gasteiger partial charge in [0.05, 0.1) is 27.8 Å². The van der Waals surface area contributed by atoms with Crippen LogP contribution in [0.1, 0.15) is 70.3 Å². The van der Waals surface area contributed by atoms with Crippen molar-refractivity contribution in [1.29, 1.82) is 0 Å². The molecule has 1 unspecified atom stereocenters. The van der Waals surface area contributed by atoms with E-state index in [-0.39, 0.29) is 18.2 Å². The van der Waals surface area contributed by atoms with E-state index < -0.39 is 6.04 Å². The first-order valence-corrected chi connectivity index (χ1v) is 11.9. The molecule has 1 aromatic carbocycles. The van der Waals surface area contributed by atoms with E-state index in [1.54, 1.807) is 31.3 Å². The Bertz CT molecular complexity index is 697. The lowest BCUT2D eigenvalue weighted by molar-refractivity contribution is -0.141. The fraction of sp³-hybridized carbons (Fsp3) is 0.680. The van der Waals surface area contributed by atoms with Gasteiger partial charge in [-0.05, 0) is 43.9 Å². The van der Waals surface area contributed by atoms with Gasteiger partial charge in [0.25, 0.3) is 0 Å². The molecule has 180 valence electrons. The smallest absolute Gasteiger partial charge is 0.242 e. The first-order valence-electron chi connectivity index (χ1n) is 11.9. The maximum atomic E-state index is 12.9. The van der Waals surface area contributed by atoms with Crippen LogP contribution in [0, 0.1) is 0 Å². The number of benzene rings is 1. The van der Waals surface area contributed by atoms with Crippen LogP contribution in [-0.2, 0) is 16.0 Å². The molecule has 0 aromatic heterocycles. The largest absolute Gasteiger partial charge is 0.493 e. The molecule has 1 saturated carbocycles. The van der Waals surface area contributed by atoms with Gasteiger partial charge >= 0.3 is 0 Å². The topological polar surface area (TPSA) is 77.1 Å². The number of nitrogens with zero attached hydrogens (tertiary/aromatic N) is 1. The predicted octanol–water partition coefficient (Wildman–Crippen LogP) is 4.11. The third-order valence-corrected chi connectivity index (χ3v) is 6.06. The Morgan fingerprint density at radius 3 is 1.94 bits per heavy atom. The number of amides is 2. The number of piperidine rings is 1. The molecule has 1 N–H and O–H groups in total. The van der Waals surface area contributed by atoms with Crippen molar-refractivity contribution < 1.29 is 23.8 Å². The van der Waals surface area contributed by atoms with E-state index in [9.17, 15) is 9.59 Å². The van der Waals surface area contributed by atoms with Crippen LogP contribution in [0.5, 0.6) is 17.2 Å². The van der Waals surface area contributed by atoms with E-state index in [0.29, 0.717) is 36.8 Å². The Labute approximate surface area is 192 Å². The zero-order valence-electron chi connectivity index (χ0n) is 20.2. The summed E-state index contributed by atoms with van der Waals surface area (Å²) in [6.45, 7) is 3.04. The van der Waals surface area contributed by atoms with Crippen molar-refractivity contribution in [2.75, 3.05) is 34.4 Å². The number of methoxy groups -OCH3 is 3. The molecule has 1 heterocycles. The second-order valence-electron chi connectivity index (χ2n) is 8.32. The molecule has 32 heavy (non-hydrogen) atoms. The van der Waals surface area contributed by atoms with Crippen LogP contribution in [0.25, 0.3) is 0 Å². The molecular weight excluding hydrogens is 408 g/mol. The van der Waals surface area contributed by atoms with E-state index in [0.717, 1.165) is 18.4 Å². The number of carbonyl (C=O) groups is 2. The summed E-state index contributed by atoms with van der Waals surface area (Å²) in [5, 5.41) is 2.83. The zero-order valence-corrected chi connectivity index (χ0v) is 20.2. The van der Waals surface area contributed by atoms with Crippen molar-refractivity contribution in [2.24, 2.45) is 0 Å². The maximum absolute atomic E-state index is 12.9.